The van der Waals surface area contributed by atoms with Crippen LogP contribution in [0.4, 0.5) is 5.69 Å². The fraction of sp³-hybridized carbons (Fsp3) is 0.222. The molecular weight excluding hydrogens is 290 g/mol. The first-order chi connectivity index (χ1) is 9.50. The lowest BCUT2D eigenvalue weighted by molar-refractivity contribution is -0.385. The van der Waals surface area contributed by atoms with Crippen molar-refractivity contribution < 1.29 is 9.72 Å². The van der Waals surface area contributed by atoms with Gasteiger partial charge in [0.25, 0.3) is 5.91 Å². The molecule has 1 unspecified atom stereocenters. The Bertz CT molecular complexity index is 645. The van der Waals surface area contributed by atoms with Crippen LogP contribution in [0.1, 0.15) is 29.1 Å². The Morgan fingerprint density at radius 1 is 1.60 bits per heavy atom. The Kier molecular flexibility index (Phi) is 3.84. The molecule has 104 valence electrons. The lowest BCUT2D eigenvalue weighted by Crippen LogP contribution is -2.28. The van der Waals surface area contributed by atoms with E-state index < -0.39 is 22.6 Å². The monoisotopic (exact) mass is 297 g/mol. The first-order valence-electron chi connectivity index (χ1n) is 5.33. The minimum Gasteiger partial charge on any atom is -0.342 e. The van der Waals surface area contributed by atoms with Crippen LogP contribution in [0.25, 0.3) is 0 Å². The summed E-state index contributed by atoms with van der Waals surface area (Å²) in [5.74, 6) is -0.431. The summed E-state index contributed by atoms with van der Waals surface area (Å²) in [4.78, 5) is 25.8. The van der Waals surface area contributed by atoms with Crippen LogP contribution in [0.15, 0.2) is 12.3 Å². The molecular formula is C9H8ClN7O3. The van der Waals surface area contributed by atoms with E-state index in [2.05, 4.69) is 30.9 Å². The SMILES string of the molecule is CC(NC(=O)c1ccnc(Cl)c1[N+](=O)[O-])c1nn[nH]n1. The molecule has 0 saturated heterocycles. The molecule has 0 fully saturated rings. The Morgan fingerprint density at radius 3 is 2.95 bits per heavy atom. The summed E-state index contributed by atoms with van der Waals surface area (Å²) in [6.45, 7) is 1.61. The van der Waals surface area contributed by atoms with Crippen molar-refractivity contribution in [3.63, 3.8) is 0 Å². The quantitative estimate of drug-likeness (QED) is 0.479. The maximum Gasteiger partial charge on any atom is 0.319 e. The molecule has 10 nitrogen and oxygen atoms in total. The van der Waals surface area contributed by atoms with Gasteiger partial charge >= 0.3 is 5.69 Å². The number of aromatic amines is 1. The molecule has 1 atom stereocenters. The van der Waals surface area contributed by atoms with Gasteiger partial charge in [0.1, 0.15) is 5.56 Å². The van der Waals surface area contributed by atoms with Gasteiger partial charge in [-0.1, -0.05) is 16.8 Å². The molecule has 0 aliphatic rings. The Hall–Kier alpha value is -2.62. The van der Waals surface area contributed by atoms with Crippen LogP contribution < -0.4 is 5.32 Å². The van der Waals surface area contributed by atoms with Gasteiger partial charge in [-0.2, -0.15) is 5.21 Å². The van der Waals surface area contributed by atoms with Crippen LogP contribution in [0, 0.1) is 10.1 Å². The summed E-state index contributed by atoms with van der Waals surface area (Å²) >= 11 is 5.63. The van der Waals surface area contributed by atoms with Crippen molar-refractivity contribution in [2.24, 2.45) is 0 Å². The molecule has 2 rings (SSSR count). The van der Waals surface area contributed by atoms with E-state index in [1.165, 1.54) is 12.3 Å². The van der Waals surface area contributed by atoms with Gasteiger partial charge in [0.05, 0.1) is 11.0 Å². The smallest absolute Gasteiger partial charge is 0.319 e. The second kappa shape index (κ2) is 5.57. The Balaban J connectivity index is 2.26. The number of tetrazole rings is 1. The van der Waals surface area contributed by atoms with Crippen molar-refractivity contribution in [2.45, 2.75) is 13.0 Å². The number of carbonyl (C=O) groups is 1. The zero-order chi connectivity index (χ0) is 14.7. The van der Waals surface area contributed by atoms with E-state index in [1.54, 1.807) is 6.92 Å². The molecule has 2 aromatic heterocycles. The highest BCUT2D eigenvalue weighted by molar-refractivity contribution is 6.32. The third kappa shape index (κ3) is 2.69. The second-order valence-electron chi connectivity index (χ2n) is 3.72. The van der Waals surface area contributed by atoms with E-state index in [1.807, 2.05) is 0 Å². The minimum atomic E-state index is -0.761. The third-order valence-corrected chi connectivity index (χ3v) is 2.68. The van der Waals surface area contributed by atoms with E-state index in [-0.39, 0.29) is 16.5 Å². The van der Waals surface area contributed by atoms with Gasteiger partial charge in [0.2, 0.25) is 5.15 Å². The molecule has 2 N–H and O–H groups in total. The van der Waals surface area contributed by atoms with E-state index in [4.69, 9.17) is 11.6 Å². The molecule has 2 heterocycles. The highest BCUT2D eigenvalue weighted by Crippen LogP contribution is 2.26. The van der Waals surface area contributed by atoms with Crippen molar-refractivity contribution in [3.05, 3.63) is 38.9 Å². The van der Waals surface area contributed by atoms with Crippen LogP contribution in [-0.4, -0.2) is 36.4 Å². The molecule has 11 heteroatoms. The maximum atomic E-state index is 12.0. The van der Waals surface area contributed by atoms with Gasteiger partial charge in [-0.25, -0.2) is 4.98 Å². The molecule has 0 bridgehead atoms. The van der Waals surface area contributed by atoms with Crippen molar-refractivity contribution in [3.8, 4) is 0 Å². The summed E-state index contributed by atoms with van der Waals surface area (Å²) in [6, 6.07) is 0.634. The van der Waals surface area contributed by atoms with E-state index in [0.29, 0.717) is 0 Å². The number of aromatic nitrogens is 5. The van der Waals surface area contributed by atoms with Crippen LogP contribution in [0.3, 0.4) is 0 Å². The number of amides is 1. The normalized spacial score (nSPS) is 11.9. The largest absolute Gasteiger partial charge is 0.342 e. The Labute approximate surface area is 116 Å². The van der Waals surface area contributed by atoms with Crippen molar-refractivity contribution in [1.82, 2.24) is 30.9 Å². The van der Waals surface area contributed by atoms with Crippen LogP contribution in [0.2, 0.25) is 5.15 Å². The van der Waals surface area contributed by atoms with Gasteiger partial charge in [0, 0.05) is 6.20 Å². The summed E-state index contributed by atoms with van der Waals surface area (Å²) in [5, 5.41) is 26.1. The van der Waals surface area contributed by atoms with Gasteiger partial charge in [-0.15, -0.1) is 10.2 Å². The number of halogens is 1. The number of nitro groups is 1. The first kappa shape index (κ1) is 13.8. The molecule has 0 radical (unpaired) electrons. The third-order valence-electron chi connectivity index (χ3n) is 2.40. The maximum absolute atomic E-state index is 12.0. The zero-order valence-electron chi connectivity index (χ0n) is 10.1. The van der Waals surface area contributed by atoms with Crippen LogP contribution >= 0.6 is 11.6 Å². The summed E-state index contributed by atoms with van der Waals surface area (Å²) in [5.41, 5.74) is -0.739. The second-order valence-corrected chi connectivity index (χ2v) is 4.08. The lowest BCUT2D eigenvalue weighted by Gasteiger charge is -2.10. The molecule has 0 aliphatic heterocycles. The topological polar surface area (TPSA) is 140 Å². The van der Waals surface area contributed by atoms with Gasteiger partial charge < -0.3 is 5.32 Å². The summed E-state index contributed by atoms with van der Waals surface area (Å²) in [6.07, 6.45) is 1.21. The van der Waals surface area contributed by atoms with Crippen molar-refractivity contribution in [2.75, 3.05) is 0 Å². The predicted molar refractivity (Wildman–Crippen MR) is 66.0 cm³/mol. The van der Waals surface area contributed by atoms with Crippen LogP contribution in [0.5, 0.6) is 0 Å². The van der Waals surface area contributed by atoms with Crippen molar-refractivity contribution >= 4 is 23.2 Å². The molecule has 0 aromatic carbocycles. The Morgan fingerprint density at radius 2 is 2.35 bits per heavy atom. The first-order valence-corrected chi connectivity index (χ1v) is 5.71. The van der Waals surface area contributed by atoms with E-state index in [9.17, 15) is 14.9 Å². The average molecular weight is 298 g/mol. The van der Waals surface area contributed by atoms with Crippen molar-refractivity contribution in [1.29, 1.82) is 0 Å². The predicted octanol–water partition coefficient (Wildman–Crippen LogP) is 0.647. The molecule has 2 aromatic rings. The molecule has 0 aliphatic carbocycles. The van der Waals surface area contributed by atoms with Gasteiger partial charge in [-0.05, 0) is 13.0 Å². The number of rotatable bonds is 4. The van der Waals surface area contributed by atoms with E-state index >= 15 is 0 Å². The number of pyridine rings is 1. The number of carbonyl (C=O) groups excluding carboxylic acids is 1. The fourth-order valence-corrected chi connectivity index (χ4v) is 1.70. The molecule has 20 heavy (non-hydrogen) atoms. The standard InChI is InChI=1S/C9H8ClN7O3/c1-4(8-13-15-16-14-8)12-9(18)5-2-3-11-7(10)6(5)17(19)20/h2-4H,1H3,(H,12,18)(H,13,14,15,16). The lowest BCUT2D eigenvalue weighted by atomic mass is 10.2. The number of nitrogens with one attached hydrogen (secondary N) is 2. The highest BCUT2D eigenvalue weighted by atomic mass is 35.5. The summed E-state index contributed by atoms with van der Waals surface area (Å²) in [7, 11) is 0. The molecule has 0 saturated carbocycles. The number of nitrogens with zero attached hydrogens (tertiary/aromatic N) is 5. The molecule has 1 amide bonds. The number of hydrogen-bond acceptors (Lipinski definition) is 7. The summed E-state index contributed by atoms with van der Waals surface area (Å²) < 4.78 is 0. The van der Waals surface area contributed by atoms with Gasteiger partial charge in [0.15, 0.2) is 5.82 Å². The number of H-pyrrole nitrogens is 1. The van der Waals surface area contributed by atoms with Gasteiger partial charge in [-0.3, -0.25) is 14.9 Å². The zero-order valence-corrected chi connectivity index (χ0v) is 10.8. The average Bonchev–Trinajstić information content (AvgIpc) is 2.91. The fourth-order valence-electron chi connectivity index (χ4n) is 1.48. The number of hydrogen-bond donors (Lipinski definition) is 2. The highest BCUT2D eigenvalue weighted by Gasteiger charge is 2.26. The van der Waals surface area contributed by atoms with E-state index in [0.717, 1.165) is 0 Å². The van der Waals surface area contributed by atoms with Crippen LogP contribution in [-0.2, 0) is 0 Å². The minimum absolute atomic E-state index is 0.189. The molecule has 0 spiro atoms.